The van der Waals surface area contributed by atoms with E-state index in [4.69, 9.17) is 5.73 Å². The summed E-state index contributed by atoms with van der Waals surface area (Å²) in [6.45, 7) is 1.32. The van der Waals surface area contributed by atoms with Gasteiger partial charge in [-0.3, -0.25) is 9.48 Å². The van der Waals surface area contributed by atoms with Gasteiger partial charge in [0.15, 0.2) is 0 Å². The van der Waals surface area contributed by atoms with E-state index in [-0.39, 0.29) is 5.91 Å². The summed E-state index contributed by atoms with van der Waals surface area (Å²) in [4.78, 5) is 11.5. The molecule has 100 valence electrons. The van der Waals surface area contributed by atoms with Gasteiger partial charge >= 0.3 is 0 Å². The normalized spacial score (nSPS) is 14.7. The summed E-state index contributed by atoms with van der Waals surface area (Å²) in [5.41, 5.74) is 6.42. The van der Waals surface area contributed by atoms with Gasteiger partial charge in [-0.15, -0.1) is 5.10 Å². The molecule has 0 atom stereocenters. The third-order valence-corrected chi connectivity index (χ3v) is 2.98. The number of rotatable bonds is 8. The molecule has 0 spiro atoms. The van der Waals surface area contributed by atoms with Crippen molar-refractivity contribution in [3.05, 3.63) is 11.9 Å². The molecule has 0 saturated heterocycles. The van der Waals surface area contributed by atoms with Crippen LogP contribution in [0.2, 0.25) is 0 Å². The van der Waals surface area contributed by atoms with Gasteiger partial charge in [0, 0.05) is 18.7 Å². The fraction of sp³-hybridized carbons (Fsp3) is 0.750. The van der Waals surface area contributed by atoms with Crippen molar-refractivity contribution < 1.29 is 4.79 Å². The summed E-state index contributed by atoms with van der Waals surface area (Å²) < 4.78 is 1.74. The third-order valence-electron chi connectivity index (χ3n) is 2.98. The van der Waals surface area contributed by atoms with E-state index in [1.807, 2.05) is 6.20 Å². The lowest BCUT2D eigenvalue weighted by atomic mass is 10.2. The lowest BCUT2D eigenvalue weighted by Crippen LogP contribution is -2.26. The fourth-order valence-electron chi connectivity index (χ4n) is 1.76. The molecule has 1 heterocycles. The Kier molecular flexibility index (Phi) is 4.69. The first-order chi connectivity index (χ1) is 8.78. The number of hydrogen-bond donors (Lipinski definition) is 2. The Labute approximate surface area is 107 Å². The average Bonchev–Trinajstić information content (AvgIpc) is 3.05. The minimum Gasteiger partial charge on any atom is -0.353 e. The Morgan fingerprint density at radius 1 is 1.50 bits per heavy atom. The van der Waals surface area contributed by atoms with Gasteiger partial charge in [0.05, 0.1) is 12.2 Å². The average molecular weight is 251 g/mol. The van der Waals surface area contributed by atoms with Gasteiger partial charge in [-0.05, 0) is 38.6 Å². The van der Waals surface area contributed by atoms with Crippen LogP contribution in [0.25, 0.3) is 0 Å². The Balaban J connectivity index is 1.67. The molecule has 1 aliphatic rings. The Hall–Kier alpha value is -1.43. The van der Waals surface area contributed by atoms with Crippen molar-refractivity contribution in [2.45, 2.75) is 51.1 Å². The van der Waals surface area contributed by atoms with Crippen LogP contribution in [0.15, 0.2) is 6.20 Å². The molecule has 0 radical (unpaired) electrons. The van der Waals surface area contributed by atoms with Crippen LogP contribution in [0.3, 0.4) is 0 Å². The number of carbonyl (C=O) groups excluding carboxylic acids is 1. The summed E-state index contributed by atoms with van der Waals surface area (Å²) >= 11 is 0. The van der Waals surface area contributed by atoms with Gasteiger partial charge in [-0.2, -0.15) is 0 Å². The van der Waals surface area contributed by atoms with Crippen molar-refractivity contribution in [3.8, 4) is 0 Å². The minimum atomic E-state index is 0.109. The zero-order valence-electron chi connectivity index (χ0n) is 10.6. The standard InChI is InChI=1S/C12H21N5O/c13-7-2-1-3-11-9-17(16-15-11)8-6-12(18)14-10-4-5-10/h9-10H,1-8,13H2,(H,14,18). The molecule has 0 bridgehead atoms. The number of hydrogen-bond acceptors (Lipinski definition) is 4. The Morgan fingerprint density at radius 2 is 2.33 bits per heavy atom. The molecule has 1 aromatic heterocycles. The smallest absolute Gasteiger partial charge is 0.222 e. The number of aryl methyl sites for hydroxylation is 2. The lowest BCUT2D eigenvalue weighted by Gasteiger charge is -2.02. The zero-order chi connectivity index (χ0) is 12.8. The van der Waals surface area contributed by atoms with Gasteiger partial charge in [0.2, 0.25) is 5.91 Å². The number of nitrogens with zero attached hydrogens (tertiary/aromatic N) is 3. The van der Waals surface area contributed by atoms with Gasteiger partial charge in [0.1, 0.15) is 0 Å². The second kappa shape index (κ2) is 6.49. The molecule has 2 rings (SSSR count). The highest BCUT2D eigenvalue weighted by molar-refractivity contribution is 5.76. The maximum atomic E-state index is 11.5. The quantitative estimate of drug-likeness (QED) is 0.648. The molecular weight excluding hydrogens is 230 g/mol. The summed E-state index contributed by atoms with van der Waals surface area (Å²) in [6, 6.07) is 0.431. The molecule has 1 aromatic rings. The van der Waals surface area contributed by atoms with Crippen molar-refractivity contribution in [2.24, 2.45) is 5.73 Å². The van der Waals surface area contributed by atoms with E-state index in [0.29, 0.717) is 19.0 Å². The van der Waals surface area contributed by atoms with Crippen LogP contribution in [0.4, 0.5) is 0 Å². The molecule has 1 fully saturated rings. The van der Waals surface area contributed by atoms with Crippen molar-refractivity contribution in [1.29, 1.82) is 0 Å². The first kappa shape index (κ1) is 13.0. The highest BCUT2D eigenvalue weighted by atomic mass is 16.1. The number of aromatic nitrogens is 3. The van der Waals surface area contributed by atoms with Crippen molar-refractivity contribution in [1.82, 2.24) is 20.3 Å². The Morgan fingerprint density at radius 3 is 3.06 bits per heavy atom. The first-order valence-electron chi connectivity index (χ1n) is 6.66. The first-order valence-corrected chi connectivity index (χ1v) is 6.66. The van der Waals surface area contributed by atoms with Crippen molar-refractivity contribution in [2.75, 3.05) is 6.54 Å². The predicted molar refractivity (Wildman–Crippen MR) is 67.8 cm³/mol. The van der Waals surface area contributed by atoms with Gasteiger partial charge in [-0.25, -0.2) is 0 Å². The maximum Gasteiger partial charge on any atom is 0.222 e. The Bertz CT molecular complexity index is 386. The van der Waals surface area contributed by atoms with Crippen LogP contribution < -0.4 is 11.1 Å². The van der Waals surface area contributed by atoms with Crippen LogP contribution >= 0.6 is 0 Å². The summed E-state index contributed by atoms with van der Waals surface area (Å²) in [5.74, 6) is 0.109. The number of nitrogens with one attached hydrogen (secondary N) is 1. The molecule has 1 amide bonds. The topological polar surface area (TPSA) is 85.8 Å². The molecule has 6 heteroatoms. The summed E-state index contributed by atoms with van der Waals surface area (Å²) in [6.07, 6.45) is 7.60. The zero-order valence-corrected chi connectivity index (χ0v) is 10.6. The van der Waals surface area contributed by atoms with Crippen LogP contribution in [0.1, 0.15) is 37.8 Å². The van der Waals surface area contributed by atoms with E-state index in [2.05, 4.69) is 15.6 Å². The maximum absolute atomic E-state index is 11.5. The molecular formula is C12H21N5O. The number of unbranched alkanes of at least 4 members (excludes halogenated alkanes) is 1. The van der Waals surface area contributed by atoms with Gasteiger partial charge in [0.25, 0.3) is 0 Å². The third kappa shape index (κ3) is 4.44. The molecule has 0 unspecified atom stereocenters. The minimum absolute atomic E-state index is 0.109. The lowest BCUT2D eigenvalue weighted by molar-refractivity contribution is -0.121. The largest absolute Gasteiger partial charge is 0.353 e. The van der Waals surface area contributed by atoms with E-state index in [9.17, 15) is 4.79 Å². The second-order valence-electron chi connectivity index (χ2n) is 4.81. The van der Waals surface area contributed by atoms with Crippen LogP contribution in [-0.4, -0.2) is 33.5 Å². The molecule has 0 aromatic carbocycles. The summed E-state index contributed by atoms with van der Waals surface area (Å²) in [7, 11) is 0. The molecule has 6 nitrogen and oxygen atoms in total. The summed E-state index contributed by atoms with van der Waals surface area (Å²) in [5, 5.41) is 11.1. The fourth-order valence-corrected chi connectivity index (χ4v) is 1.76. The monoisotopic (exact) mass is 251 g/mol. The molecule has 0 aliphatic heterocycles. The number of amides is 1. The number of nitrogens with two attached hydrogens (primary N) is 1. The number of carbonyl (C=O) groups is 1. The van der Waals surface area contributed by atoms with Crippen LogP contribution in [0.5, 0.6) is 0 Å². The molecule has 1 saturated carbocycles. The van der Waals surface area contributed by atoms with Crippen LogP contribution in [-0.2, 0) is 17.8 Å². The predicted octanol–water partition coefficient (Wildman–Crippen LogP) is 0.228. The highest BCUT2D eigenvalue weighted by Crippen LogP contribution is 2.18. The van der Waals surface area contributed by atoms with E-state index >= 15 is 0 Å². The van der Waals surface area contributed by atoms with E-state index < -0.39 is 0 Å². The second-order valence-corrected chi connectivity index (χ2v) is 4.81. The molecule has 1 aliphatic carbocycles. The van der Waals surface area contributed by atoms with E-state index in [1.165, 1.54) is 0 Å². The van der Waals surface area contributed by atoms with Gasteiger partial charge < -0.3 is 11.1 Å². The molecule has 3 N–H and O–H groups in total. The highest BCUT2D eigenvalue weighted by Gasteiger charge is 2.22. The van der Waals surface area contributed by atoms with Gasteiger partial charge in [-0.1, -0.05) is 5.21 Å². The van der Waals surface area contributed by atoms with Crippen molar-refractivity contribution in [3.63, 3.8) is 0 Å². The SMILES string of the molecule is NCCCCc1cn(CCC(=O)NC2CC2)nn1. The van der Waals surface area contributed by atoms with Crippen molar-refractivity contribution >= 4 is 5.91 Å². The van der Waals surface area contributed by atoms with Crippen LogP contribution in [0, 0.1) is 0 Å². The molecule has 18 heavy (non-hydrogen) atoms. The van der Waals surface area contributed by atoms with E-state index in [0.717, 1.165) is 44.3 Å². The van der Waals surface area contributed by atoms with E-state index in [1.54, 1.807) is 4.68 Å².